The van der Waals surface area contributed by atoms with Crippen LogP contribution in [0.2, 0.25) is 0 Å². The lowest BCUT2D eigenvalue weighted by molar-refractivity contribution is -0.105. The van der Waals surface area contributed by atoms with Gasteiger partial charge in [-0.05, 0) is 18.6 Å². The number of aliphatic imine (C=N–C) groups is 1. The molecule has 17 heavy (non-hydrogen) atoms. The molecule has 0 aromatic carbocycles. The van der Waals surface area contributed by atoms with E-state index in [9.17, 15) is 4.79 Å². The fraction of sp³-hybridized carbons (Fsp3) is 0.250. The highest BCUT2D eigenvalue weighted by molar-refractivity contribution is 8.14. The molecule has 90 valence electrons. The Morgan fingerprint density at radius 3 is 3.06 bits per heavy atom. The molecule has 1 heterocycles. The van der Waals surface area contributed by atoms with Crippen LogP contribution < -0.4 is 5.32 Å². The molecule has 0 unspecified atom stereocenters. The second-order valence-electron chi connectivity index (χ2n) is 3.16. The zero-order valence-corrected chi connectivity index (χ0v) is 10.5. The van der Waals surface area contributed by atoms with Crippen molar-refractivity contribution in [3.8, 4) is 0 Å². The normalized spacial score (nSPS) is 11.0. The predicted molar refractivity (Wildman–Crippen MR) is 72.4 cm³/mol. The Bertz CT molecular complexity index is 403. The van der Waals surface area contributed by atoms with Crippen LogP contribution in [0, 0.1) is 0 Å². The van der Waals surface area contributed by atoms with Gasteiger partial charge in [-0.1, -0.05) is 31.3 Å². The highest BCUT2D eigenvalue weighted by Crippen LogP contribution is 2.11. The van der Waals surface area contributed by atoms with E-state index in [-0.39, 0.29) is 0 Å². The van der Waals surface area contributed by atoms with Crippen LogP contribution in [-0.2, 0) is 4.79 Å². The minimum atomic E-state index is 0.357. The number of hydrogen-bond donors (Lipinski definition) is 1. The smallest absolute Gasteiger partial charge is 0.168 e. The first-order valence-electron chi connectivity index (χ1n) is 5.27. The minimum Gasteiger partial charge on any atom is -0.339 e. The Hall–Kier alpha value is -1.62. The van der Waals surface area contributed by atoms with Crippen molar-refractivity contribution >= 4 is 29.0 Å². The summed E-state index contributed by atoms with van der Waals surface area (Å²) in [5, 5.41) is 3.71. The molecule has 1 aromatic heterocycles. The number of amidine groups is 1. The van der Waals surface area contributed by atoms with E-state index in [1.54, 1.807) is 12.3 Å². The van der Waals surface area contributed by atoms with E-state index in [0.29, 0.717) is 16.7 Å². The first-order chi connectivity index (χ1) is 8.26. The number of aldehydes is 1. The van der Waals surface area contributed by atoms with E-state index < -0.39 is 0 Å². The van der Waals surface area contributed by atoms with Gasteiger partial charge in [-0.3, -0.25) is 0 Å². The van der Waals surface area contributed by atoms with Crippen molar-refractivity contribution in [1.29, 1.82) is 0 Å². The maximum Gasteiger partial charge on any atom is 0.168 e. The zero-order chi connectivity index (χ0) is 12.5. The highest BCUT2D eigenvalue weighted by atomic mass is 32.2. The summed E-state index contributed by atoms with van der Waals surface area (Å²) in [5.41, 5.74) is 0.859. The number of rotatable bonds is 5. The summed E-state index contributed by atoms with van der Waals surface area (Å²) in [6, 6.07) is 5.50. The monoisotopic (exact) mass is 249 g/mol. The first-order valence-corrected chi connectivity index (χ1v) is 6.25. The Morgan fingerprint density at radius 1 is 1.65 bits per heavy atom. The lowest BCUT2D eigenvalue weighted by Gasteiger charge is -2.08. The van der Waals surface area contributed by atoms with Crippen LogP contribution in [0.1, 0.15) is 13.3 Å². The lowest BCUT2D eigenvalue weighted by Crippen LogP contribution is -2.19. The summed E-state index contributed by atoms with van der Waals surface area (Å²) in [6.45, 7) is 5.85. The van der Waals surface area contributed by atoms with E-state index >= 15 is 0 Å². The molecule has 5 heteroatoms. The van der Waals surface area contributed by atoms with Gasteiger partial charge in [0, 0.05) is 11.9 Å². The molecule has 0 bridgehead atoms. The topological polar surface area (TPSA) is 54.4 Å². The zero-order valence-electron chi connectivity index (χ0n) is 9.72. The van der Waals surface area contributed by atoms with Gasteiger partial charge in [0.25, 0.3) is 0 Å². The number of hydrogen-bond acceptors (Lipinski definition) is 4. The summed E-state index contributed by atoms with van der Waals surface area (Å²) in [5.74, 6) is 0.965. The van der Waals surface area contributed by atoms with Crippen LogP contribution in [0.15, 0.2) is 41.7 Å². The molecule has 0 radical (unpaired) electrons. The third-order valence-electron chi connectivity index (χ3n) is 1.86. The van der Waals surface area contributed by atoms with Crippen molar-refractivity contribution in [3.05, 3.63) is 36.7 Å². The molecule has 1 aromatic rings. The first kappa shape index (κ1) is 13.4. The summed E-state index contributed by atoms with van der Waals surface area (Å²) >= 11 is 1.33. The van der Waals surface area contributed by atoms with Crippen LogP contribution in [-0.4, -0.2) is 22.2 Å². The number of nitrogens with zero attached hydrogens (tertiary/aromatic N) is 2. The molecular formula is C12H15N3OS. The molecule has 1 rings (SSSR count). The Kier molecular flexibility index (Phi) is 6.03. The minimum absolute atomic E-state index is 0.357. The molecule has 4 nitrogen and oxygen atoms in total. The standard InChI is InChI=1S/C12H15N3OS/c1-3-10(2)14-12(17-9-8-16)15-11-6-4-5-7-13-11/h4-8H,2-3,9H2,1H3,(H,13,14,15). The molecular weight excluding hydrogens is 234 g/mol. The molecule has 0 atom stereocenters. The molecule has 0 saturated carbocycles. The van der Waals surface area contributed by atoms with Crippen molar-refractivity contribution in [2.24, 2.45) is 4.99 Å². The molecule has 0 aliphatic carbocycles. The molecule has 0 aliphatic heterocycles. The maximum atomic E-state index is 10.4. The van der Waals surface area contributed by atoms with E-state index in [1.807, 2.05) is 19.1 Å². The summed E-state index contributed by atoms with van der Waals surface area (Å²) in [7, 11) is 0. The van der Waals surface area contributed by atoms with Crippen molar-refractivity contribution < 1.29 is 4.79 Å². The summed E-state index contributed by atoms with van der Waals surface area (Å²) in [6.07, 6.45) is 3.33. The van der Waals surface area contributed by atoms with Gasteiger partial charge in [0.15, 0.2) is 11.0 Å². The summed E-state index contributed by atoms with van der Waals surface area (Å²) in [4.78, 5) is 18.8. The predicted octanol–water partition coefficient (Wildman–Crippen LogP) is 2.51. The van der Waals surface area contributed by atoms with Gasteiger partial charge >= 0.3 is 0 Å². The number of pyridine rings is 1. The fourth-order valence-electron chi connectivity index (χ4n) is 0.973. The second kappa shape index (κ2) is 7.62. The van der Waals surface area contributed by atoms with Gasteiger partial charge in [0.05, 0.1) is 5.75 Å². The van der Waals surface area contributed by atoms with Gasteiger partial charge in [-0.25, -0.2) is 9.98 Å². The van der Waals surface area contributed by atoms with Gasteiger partial charge in [0.1, 0.15) is 6.29 Å². The number of thioether (sulfide) groups is 1. The molecule has 0 spiro atoms. The Balaban J connectivity index is 2.77. The molecule has 0 fully saturated rings. The third kappa shape index (κ3) is 5.31. The summed E-state index contributed by atoms with van der Waals surface area (Å²) < 4.78 is 0. The lowest BCUT2D eigenvalue weighted by atomic mass is 10.4. The fourth-order valence-corrected chi connectivity index (χ4v) is 1.57. The highest BCUT2D eigenvalue weighted by Gasteiger charge is 2.02. The van der Waals surface area contributed by atoms with Crippen LogP contribution in [0.4, 0.5) is 5.82 Å². The second-order valence-corrected chi connectivity index (χ2v) is 4.17. The number of carbonyl (C=O) groups is 1. The van der Waals surface area contributed by atoms with Gasteiger partial charge < -0.3 is 10.1 Å². The molecule has 1 N–H and O–H groups in total. The van der Waals surface area contributed by atoms with Crippen molar-refractivity contribution in [2.45, 2.75) is 13.3 Å². The maximum absolute atomic E-state index is 10.4. The average Bonchev–Trinajstić information content (AvgIpc) is 2.37. The quantitative estimate of drug-likeness (QED) is 0.495. The Labute approximate surface area is 105 Å². The SMILES string of the molecule is C=C(CC)N/C(=N\c1ccccn1)SCC=O. The number of nitrogens with one attached hydrogen (secondary N) is 1. The van der Waals surface area contributed by atoms with E-state index in [1.165, 1.54) is 11.8 Å². The van der Waals surface area contributed by atoms with Crippen molar-refractivity contribution in [1.82, 2.24) is 10.3 Å². The van der Waals surface area contributed by atoms with Gasteiger partial charge in [0.2, 0.25) is 0 Å². The van der Waals surface area contributed by atoms with Crippen LogP contribution in [0.5, 0.6) is 0 Å². The molecule has 0 saturated heterocycles. The number of carbonyl (C=O) groups excluding carboxylic acids is 1. The van der Waals surface area contributed by atoms with Crippen LogP contribution in [0.25, 0.3) is 0 Å². The van der Waals surface area contributed by atoms with E-state index in [4.69, 9.17) is 0 Å². The van der Waals surface area contributed by atoms with E-state index in [2.05, 4.69) is 21.9 Å². The van der Waals surface area contributed by atoms with Gasteiger partial charge in [-0.15, -0.1) is 0 Å². The van der Waals surface area contributed by atoms with Gasteiger partial charge in [-0.2, -0.15) is 0 Å². The van der Waals surface area contributed by atoms with Crippen molar-refractivity contribution in [3.63, 3.8) is 0 Å². The van der Waals surface area contributed by atoms with E-state index in [0.717, 1.165) is 18.4 Å². The number of aromatic nitrogens is 1. The average molecular weight is 249 g/mol. The van der Waals surface area contributed by atoms with Crippen molar-refractivity contribution in [2.75, 3.05) is 5.75 Å². The van der Waals surface area contributed by atoms with Crippen LogP contribution in [0.3, 0.4) is 0 Å². The third-order valence-corrected chi connectivity index (χ3v) is 2.63. The molecule has 0 amide bonds. The largest absolute Gasteiger partial charge is 0.339 e. The van der Waals surface area contributed by atoms with Crippen LogP contribution >= 0.6 is 11.8 Å². The Morgan fingerprint density at radius 2 is 2.47 bits per heavy atom. The molecule has 0 aliphatic rings. The number of allylic oxidation sites excluding steroid dienone is 1.